The summed E-state index contributed by atoms with van der Waals surface area (Å²) < 4.78 is 5.10. The van der Waals surface area contributed by atoms with Crippen LogP contribution in [0.3, 0.4) is 0 Å². The molecule has 1 aliphatic rings. The highest BCUT2D eigenvalue weighted by Gasteiger charge is 2.22. The molecule has 0 heterocycles. The molecule has 0 amide bonds. The predicted molar refractivity (Wildman–Crippen MR) is 38.4 cm³/mol. The lowest BCUT2D eigenvalue weighted by molar-refractivity contribution is 0.137. The van der Waals surface area contributed by atoms with E-state index in [1.807, 2.05) is 0 Å². The van der Waals surface area contributed by atoms with E-state index in [1.54, 1.807) is 7.11 Å². The standard InChI is InChI=1S/C8H16O/c1-7-4-3-5-8(7)6-9-2/h7-8H,3-6H2,1-2H3. The van der Waals surface area contributed by atoms with Crippen LogP contribution in [0.15, 0.2) is 0 Å². The lowest BCUT2D eigenvalue weighted by atomic mass is 10.00. The summed E-state index contributed by atoms with van der Waals surface area (Å²) in [6, 6.07) is 0. The van der Waals surface area contributed by atoms with Crippen LogP contribution in [-0.2, 0) is 4.74 Å². The maximum absolute atomic E-state index is 5.10. The van der Waals surface area contributed by atoms with Crippen LogP contribution < -0.4 is 0 Å². The monoisotopic (exact) mass is 128 g/mol. The van der Waals surface area contributed by atoms with E-state index in [9.17, 15) is 0 Å². The van der Waals surface area contributed by atoms with Crippen LogP contribution in [0.2, 0.25) is 0 Å². The zero-order chi connectivity index (χ0) is 6.69. The Labute approximate surface area is 57.4 Å². The van der Waals surface area contributed by atoms with Crippen LogP contribution in [-0.4, -0.2) is 13.7 Å². The van der Waals surface area contributed by atoms with Gasteiger partial charge in [-0.1, -0.05) is 19.8 Å². The van der Waals surface area contributed by atoms with Gasteiger partial charge in [-0.05, 0) is 18.3 Å². The predicted octanol–water partition coefficient (Wildman–Crippen LogP) is 2.07. The summed E-state index contributed by atoms with van der Waals surface area (Å²) in [6.45, 7) is 3.30. The second kappa shape index (κ2) is 3.21. The first kappa shape index (κ1) is 7.07. The molecule has 2 unspecified atom stereocenters. The molecule has 0 aromatic rings. The third-order valence-corrected chi connectivity index (χ3v) is 2.42. The molecule has 9 heavy (non-hydrogen) atoms. The zero-order valence-corrected chi connectivity index (χ0v) is 6.39. The van der Waals surface area contributed by atoms with E-state index in [0.29, 0.717) is 0 Å². The van der Waals surface area contributed by atoms with Gasteiger partial charge in [0.2, 0.25) is 0 Å². The molecule has 1 aliphatic carbocycles. The van der Waals surface area contributed by atoms with Gasteiger partial charge in [0.15, 0.2) is 0 Å². The molecule has 0 aliphatic heterocycles. The first-order valence-corrected chi connectivity index (χ1v) is 3.83. The highest BCUT2D eigenvalue weighted by molar-refractivity contribution is 4.73. The fraction of sp³-hybridized carbons (Fsp3) is 1.00. The summed E-state index contributed by atoms with van der Waals surface area (Å²) in [5, 5.41) is 0. The molecule has 1 nitrogen and oxygen atoms in total. The van der Waals surface area contributed by atoms with Crippen molar-refractivity contribution in [2.45, 2.75) is 26.2 Å². The Morgan fingerprint density at radius 2 is 2.22 bits per heavy atom. The number of hydrogen-bond donors (Lipinski definition) is 0. The largest absolute Gasteiger partial charge is 0.384 e. The molecule has 0 aromatic carbocycles. The van der Waals surface area contributed by atoms with Gasteiger partial charge < -0.3 is 4.74 Å². The number of rotatable bonds is 2. The molecular formula is C8H16O. The first-order chi connectivity index (χ1) is 4.34. The van der Waals surface area contributed by atoms with Crippen molar-refractivity contribution in [1.82, 2.24) is 0 Å². The van der Waals surface area contributed by atoms with Crippen LogP contribution in [0.1, 0.15) is 26.2 Å². The van der Waals surface area contributed by atoms with E-state index in [4.69, 9.17) is 4.74 Å². The minimum absolute atomic E-state index is 0.856. The summed E-state index contributed by atoms with van der Waals surface area (Å²) in [6.07, 6.45) is 4.21. The summed E-state index contributed by atoms with van der Waals surface area (Å²) in [5.74, 6) is 1.76. The van der Waals surface area contributed by atoms with Gasteiger partial charge in [0.1, 0.15) is 0 Å². The lowest BCUT2D eigenvalue weighted by Crippen LogP contribution is -2.10. The molecule has 1 heteroatoms. The third kappa shape index (κ3) is 1.68. The van der Waals surface area contributed by atoms with Crippen molar-refractivity contribution in [1.29, 1.82) is 0 Å². The van der Waals surface area contributed by atoms with Crippen molar-refractivity contribution in [2.75, 3.05) is 13.7 Å². The Morgan fingerprint density at radius 3 is 2.67 bits per heavy atom. The number of methoxy groups -OCH3 is 1. The van der Waals surface area contributed by atoms with Crippen molar-refractivity contribution in [3.05, 3.63) is 0 Å². The lowest BCUT2D eigenvalue weighted by Gasteiger charge is -2.12. The molecule has 1 fully saturated rings. The molecule has 54 valence electrons. The molecule has 1 saturated carbocycles. The van der Waals surface area contributed by atoms with Gasteiger partial charge in [-0.3, -0.25) is 0 Å². The Kier molecular flexibility index (Phi) is 2.52. The van der Waals surface area contributed by atoms with Crippen molar-refractivity contribution in [3.63, 3.8) is 0 Å². The Balaban J connectivity index is 2.22. The zero-order valence-electron chi connectivity index (χ0n) is 6.39. The Hall–Kier alpha value is -0.0400. The maximum atomic E-state index is 5.10. The number of hydrogen-bond acceptors (Lipinski definition) is 1. The Bertz CT molecular complexity index is 80.6. The van der Waals surface area contributed by atoms with E-state index < -0.39 is 0 Å². The van der Waals surface area contributed by atoms with E-state index in [2.05, 4.69) is 6.92 Å². The minimum atomic E-state index is 0.856. The average Bonchev–Trinajstić information content (AvgIpc) is 2.18. The SMILES string of the molecule is COCC1CCCC1C. The van der Waals surface area contributed by atoms with Gasteiger partial charge in [-0.15, -0.1) is 0 Å². The van der Waals surface area contributed by atoms with Gasteiger partial charge in [-0.2, -0.15) is 0 Å². The summed E-state index contributed by atoms with van der Waals surface area (Å²) in [5.41, 5.74) is 0. The van der Waals surface area contributed by atoms with Gasteiger partial charge in [0.05, 0.1) is 0 Å². The van der Waals surface area contributed by atoms with Crippen molar-refractivity contribution in [3.8, 4) is 0 Å². The van der Waals surface area contributed by atoms with Crippen molar-refractivity contribution in [2.24, 2.45) is 11.8 Å². The maximum Gasteiger partial charge on any atom is 0.0493 e. The second-order valence-electron chi connectivity index (χ2n) is 3.12. The summed E-state index contributed by atoms with van der Waals surface area (Å²) >= 11 is 0. The minimum Gasteiger partial charge on any atom is -0.384 e. The summed E-state index contributed by atoms with van der Waals surface area (Å²) in [7, 11) is 1.80. The molecule has 0 N–H and O–H groups in total. The van der Waals surface area contributed by atoms with Gasteiger partial charge in [-0.25, -0.2) is 0 Å². The first-order valence-electron chi connectivity index (χ1n) is 3.83. The Morgan fingerprint density at radius 1 is 1.44 bits per heavy atom. The van der Waals surface area contributed by atoms with E-state index >= 15 is 0 Å². The number of ether oxygens (including phenoxy) is 1. The highest BCUT2D eigenvalue weighted by atomic mass is 16.5. The third-order valence-electron chi connectivity index (χ3n) is 2.42. The van der Waals surface area contributed by atoms with E-state index in [0.717, 1.165) is 18.4 Å². The van der Waals surface area contributed by atoms with E-state index in [1.165, 1.54) is 19.3 Å². The molecule has 0 radical (unpaired) electrons. The van der Waals surface area contributed by atoms with Crippen LogP contribution in [0.4, 0.5) is 0 Å². The topological polar surface area (TPSA) is 9.23 Å². The van der Waals surface area contributed by atoms with Gasteiger partial charge >= 0.3 is 0 Å². The molecule has 1 rings (SSSR count). The van der Waals surface area contributed by atoms with Crippen LogP contribution in [0.5, 0.6) is 0 Å². The van der Waals surface area contributed by atoms with E-state index in [-0.39, 0.29) is 0 Å². The molecule has 0 aromatic heterocycles. The van der Waals surface area contributed by atoms with Crippen molar-refractivity contribution < 1.29 is 4.74 Å². The van der Waals surface area contributed by atoms with Crippen LogP contribution in [0.25, 0.3) is 0 Å². The van der Waals surface area contributed by atoms with Crippen LogP contribution in [0, 0.1) is 11.8 Å². The quantitative estimate of drug-likeness (QED) is 0.553. The molecule has 2 atom stereocenters. The fourth-order valence-electron chi connectivity index (χ4n) is 1.68. The molecule has 0 spiro atoms. The summed E-state index contributed by atoms with van der Waals surface area (Å²) in [4.78, 5) is 0. The van der Waals surface area contributed by atoms with Crippen LogP contribution >= 0.6 is 0 Å². The van der Waals surface area contributed by atoms with Gasteiger partial charge in [0, 0.05) is 13.7 Å². The smallest absolute Gasteiger partial charge is 0.0493 e. The average molecular weight is 128 g/mol. The second-order valence-corrected chi connectivity index (χ2v) is 3.12. The fourth-order valence-corrected chi connectivity index (χ4v) is 1.68. The molecular weight excluding hydrogens is 112 g/mol. The normalized spacial score (nSPS) is 35.3. The van der Waals surface area contributed by atoms with Crippen molar-refractivity contribution >= 4 is 0 Å². The molecule has 0 bridgehead atoms. The van der Waals surface area contributed by atoms with Gasteiger partial charge in [0.25, 0.3) is 0 Å². The highest BCUT2D eigenvalue weighted by Crippen LogP contribution is 2.30. The molecule has 0 saturated heterocycles.